The van der Waals surface area contributed by atoms with Crippen molar-refractivity contribution in [2.24, 2.45) is 13.0 Å². The van der Waals surface area contributed by atoms with Crippen LogP contribution in [0.15, 0.2) is 18.3 Å². The molecule has 3 heterocycles. The molecular weight excluding hydrogens is 471 g/mol. The van der Waals surface area contributed by atoms with E-state index in [4.69, 9.17) is 14.2 Å². The van der Waals surface area contributed by atoms with Crippen LogP contribution in [0.3, 0.4) is 0 Å². The molecule has 11 nitrogen and oxygen atoms in total. The van der Waals surface area contributed by atoms with Gasteiger partial charge in [0.25, 0.3) is 0 Å². The van der Waals surface area contributed by atoms with E-state index >= 15 is 0 Å². The maximum atomic E-state index is 13.2. The number of nitrogens with zero attached hydrogens (tertiary/aromatic N) is 5. The Kier molecular flexibility index (Phi) is 6.46. The molecule has 0 bridgehead atoms. The minimum Gasteiger partial charge on any atom is -0.480 e. The van der Waals surface area contributed by atoms with E-state index in [1.54, 1.807) is 33.0 Å². The number of hydrogen-bond acceptors (Lipinski definition) is 8. The SMILES string of the molecule is COc1nc(N(C)C(=O)OC(C)(C)C)nc(OC)c1-c1cc2cc(NC(=O)[C@@H]3C[C@@H]3F)ncc2n1C. The highest BCUT2D eigenvalue weighted by atomic mass is 19.1. The van der Waals surface area contributed by atoms with E-state index in [0.717, 1.165) is 10.9 Å². The fourth-order valence-corrected chi connectivity index (χ4v) is 3.68. The molecule has 0 spiro atoms. The molecule has 0 radical (unpaired) electrons. The molecular formula is C24H29FN6O5. The minimum atomic E-state index is -1.09. The number of carbonyl (C=O) groups excluding carboxylic acids is 2. The van der Waals surface area contributed by atoms with Crippen LogP contribution in [0.4, 0.5) is 21.0 Å². The van der Waals surface area contributed by atoms with Gasteiger partial charge in [0, 0.05) is 19.5 Å². The highest BCUT2D eigenvalue weighted by Crippen LogP contribution is 2.40. The lowest BCUT2D eigenvalue weighted by atomic mass is 10.2. The minimum absolute atomic E-state index is 0.0402. The smallest absolute Gasteiger partial charge is 0.416 e. The molecule has 36 heavy (non-hydrogen) atoms. The number of anilines is 2. The van der Waals surface area contributed by atoms with Crippen molar-refractivity contribution in [3.8, 4) is 23.0 Å². The monoisotopic (exact) mass is 500 g/mol. The van der Waals surface area contributed by atoms with Crippen molar-refractivity contribution in [1.29, 1.82) is 0 Å². The number of amides is 2. The molecule has 3 aromatic heterocycles. The number of pyridine rings is 1. The Morgan fingerprint density at radius 2 is 1.78 bits per heavy atom. The zero-order valence-electron chi connectivity index (χ0n) is 21.2. The molecule has 4 rings (SSSR count). The molecule has 192 valence electrons. The van der Waals surface area contributed by atoms with Crippen LogP contribution in [0.2, 0.25) is 0 Å². The van der Waals surface area contributed by atoms with Crippen LogP contribution in [0.25, 0.3) is 22.2 Å². The van der Waals surface area contributed by atoms with Crippen LogP contribution in [-0.2, 0) is 16.6 Å². The predicted molar refractivity (Wildman–Crippen MR) is 131 cm³/mol. The Labute approximate surface area is 207 Å². The van der Waals surface area contributed by atoms with E-state index in [0.29, 0.717) is 17.1 Å². The summed E-state index contributed by atoms with van der Waals surface area (Å²) in [7, 11) is 6.23. The molecule has 3 aromatic rings. The van der Waals surface area contributed by atoms with Gasteiger partial charge in [-0.05, 0) is 39.3 Å². The second-order valence-corrected chi connectivity index (χ2v) is 9.52. The molecule has 0 aliphatic heterocycles. The quantitative estimate of drug-likeness (QED) is 0.544. The summed E-state index contributed by atoms with van der Waals surface area (Å²) >= 11 is 0. The first-order chi connectivity index (χ1) is 16.9. The predicted octanol–water partition coefficient (Wildman–Crippen LogP) is 3.72. The molecule has 0 saturated heterocycles. The molecule has 1 fully saturated rings. The maximum absolute atomic E-state index is 13.2. The number of ether oxygens (including phenoxy) is 3. The van der Waals surface area contributed by atoms with Gasteiger partial charge < -0.3 is 24.1 Å². The average molecular weight is 501 g/mol. The Morgan fingerprint density at radius 3 is 2.31 bits per heavy atom. The van der Waals surface area contributed by atoms with E-state index in [9.17, 15) is 14.0 Å². The van der Waals surface area contributed by atoms with Gasteiger partial charge in [-0.3, -0.25) is 4.79 Å². The number of hydrogen-bond donors (Lipinski definition) is 1. The van der Waals surface area contributed by atoms with Gasteiger partial charge in [0.05, 0.1) is 37.5 Å². The molecule has 2 amide bonds. The summed E-state index contributed by atoms with van der Waals surface area (Å²) in [5, 5.41) is 3.43. The van der Waals surface area contributed by atoms with Gasteiger partial charge >= 0.3 is 6.09 Å². The lowest BCUT2D eigenvalue weighted by Crippen LogP contribution is -2.35. The van der Waals surface area contributed by atoms with Crippen LogP contribution in [-0.4, -0.2) is 64.6 Å². The number of aryl methyl sites for hydroxylation is 1. The number of methoxy groups -OCH3 is 2. The summed E-state index contributed by atoms with van der Waals surface area (Å²) in [6.07, 6.45) is 0.130. The lowest BCUT2D eigenvalue weighted by molar-refractivity contribution is -0.117. The summed E-state index contributed by atoms with van der Waals surface area (Å²) in [4.78, 5) is 38.9. The molecule has 0 aromatic carbocycles. The van der Waals surface area contributed by atoms with E-state index in [1.165, 1.54) is 26.2 Å². The zero-order valence-corrected chi connectivity index (χ0v) is 21.2. The van der Waals surface area contributed by atoms with Crippen molar-refractivity contribution in [2.45, 2.75) is 39.0 Å². The number of rotatable bonds is 6. The van der Waals surface area contributed by atoms with Crippen molar-refractivity contribution in [1.82, 2.24) is 19.5 Å². The second kappa shape index (κ2) is 9.25. The first-order valence-corrected chi connectivity index (χ1v) is 11.3. The van der Waals surface area contributed by atoms with Crippen LogP contribution >= 0.6 is 0 Å². The summed E-state index contributed by atoms with van der Waals surface area (Å²) in [6.45, 7) is 5.29. The lowest BCUT2D eigenvalue weighted by Gasteiger charge is -2.24. The summed E-state index contributed by atoms with van der Waals surface area (Å²) in [6, 6.07) is 3.56. The summed E-state index contributed by atoms with van der Waals surface area (Å²) < 4.78 is 31.6. The molecule has 1 N–H and O–H groups in total. The van der Waals surface area contributed by atoms with Crippen molar-refractivity contribution < 1.29 is 28.2 Å². The summed E-state index contributed by atoms with van der Waals surface area (Å²) in [5.41, 5.74) is 1.18. The van der Waals surface area contributed by atoms with Crippen LogP contribution in [0.1, 0.15) is 27.2 Å². The van der Waals surface area contributed by atoms with Gasteiger partial charge in [-0.1, -0.05) is 0 Å². The zero-order chi connectivity index (χ0) is 26.4. The molecule has 2 atom stereocenters. The fourth-order valence-electron chi connectivity index (χ4n) is 3.68. The Hall–Kier alpha value is -3.96. The van der Waals surface area contributed by atoms with E-state index in [-0.39, 0.29) is 30.0 Å². The number of alkyl halides is 1. The van der Waals surface area contributed by atoms with Crippen molar-refractivity contribution in [3.63, 3.8) is 0 Å². The number of fused-ring (bicyclic) bond motifs is 1. The third-order valence-corrected chi connectivity index (χ3v) is 5.67. The van der Waals surface area contributed by atoms with E-state index in [1.807, 2.05) is 17.7 Å². The number of halogens is 1. The van der Waals surface area contributed by atoms with Gasteiger partial charge in [0.2, 0.25) is 23.6 Å². The highest BCUT2D eigenvalue weighted by molar-refractivity contribution is 5.97. The highest BCUT2D eigenvalue weighted by Gasteiger charge is 2.43. The molecule has 0 unspecified atom stereocenters. The third kappa shape index (κ3) is 4.88. The molecule has 1 aliphatic carbocycles. The van der Waals surface area contributed by atoms with Crippen molar-refractivity contribution in [2.75, 3.05) is 31.5 Å². The first-order valence-electron chi connectivity index (χ1n) is 11.3. The standard InChI is InChI=1S/C24H29FN6O5/c1-24(2,3)36-23(33)31(5)22-28-20(34-6)18(21(29-22)35-7)15-8-12-9-17(26-11-16(12)30(15)4)27-19(32)13-10-14(13)25/h8-9,11,13-14H,10H2,1-7H3,(H,26,27,32)/t13-,14+/m1/s1. The summed E-state index contributed by atoms with van der Waals surface area (Å²) in [5.74, 6) is -0.264. The largest absolute Gasteiger partial charge is 0.480 e. The maximum Gasteiger partial charge on any atom is 0.416 e. The van der Waals surface area contributed by atoms with Crippen LogP contribution in [0, 0.1) is 5.92 Å². The second-order valence-electron chi connectivity index (χ2n) is 9.52. The van der Waals surface area contributed by atoms with Crippen LogP contribution in [0.5, 0.6) is 11.8 Å². The first kappa shape index (κ1) is 25.1. The third-order valence-electron chi connectivity index (χ3n) is 5.67. The normalized spacial score (nSPS) is 17.0. The Morgan fingerprint density at radius 1 is 1.17 bits per heavy atom. The van der Waals surface area contributed by atoms with Crippen molar-refractivity contribution >= 4 is 34.7 Å². The van der Waals surface area contributed by atoms with Crippen molar-refractivity contribution in [3.05, 3.63) is 18.3 Å². The number of nitrogens with one attached hydrogen (secondary N) is 1. The number of carbonyl (C=O) groups is 2. The van der Waals surface area contributed by atoms with Gasteiger partial charge in [-0.15, -0.1) is 0 Å². The molecule has 1 aliphatic rings. The van der Waals surface area contributed by atoms with E-state index in [2.05, 4.69) is 20.3 Å². The number of aromatic nitrogens is 4. The molecule has 1 saturated carbocycles. The Bertz CT molecular complexity index is 1310. The van der Waals surface area contributed by atoms with Gasteiger partial charge in [-0.2, -0.15) is 9.97 Å². The Balaban J connectivity index is 1.72. The topological polar surface area (TPSA) is 121 Å². The fraction of sp³-hybridized carbons (Fsp3) is 0.458. The van der Waals surface area contributed by atoms with E-state index < -0.39 is 23.8 Å². The molecule has 12 heteroatoms. The van der Waals surface area contributed by atoms with Crippen LogP contribution < -0.4 is 19.7 Å². The van der Waals surface area contributed by atoms with Gasteiger partial charge in [0.15, 0.2) is 0 Å². The van der Waals surface area contributed by atoms with Gasteiger partial charge in [-0.25, -0.2) is 19.1 Å². The van der Waals surface area contributed by atoms with Gasteiger partial charge in [0.1, 0.15) is 23.2 Å². The average Bonchev–Trinajstić information content (AvgIpc) is 3.47.